The van der Waals surface area contributed by atoms with Gasteiger partial charge < -0.3 is 24.1 Å². The Kier molecular flexibility index (Phi) is 9.33. The summed E-state index contributed by atoms with van der Waals surface area (Å²) in [6.45, 7) is 1.72. The van der Waals surface area contributed by atoms with Crippen LogP contribution < -0.4 is 29.1 Å². The number of carboxylic acid groups (broad SMARTS) is 1. The Morgan fingerprint density at radius 2 is 1.80 bits per heavy atom. The summed E-state index contributed by atoms with van der Waals surface area (Å²) in [5.41, 5.74) is 1.96. The summed E-state index contributed by atoms with van der Waals surface area (Å²) in [5.74, 6) is -0.695. The van der Waals surface area contributed by atoms with E-state index in [0.717, 1.165) is 11.3 Å². The summed E-state index contributed by atoms with van der Waals surface area (Å²) in [7, 11) is 4.21. The molecular weight excluding hydrogens is 643 g/mol. The van der Waals surface area contributed by atoms with Gasteiger partial charge in [0.25, 0.3) is 5.56 Å². The Morgan fingerprint density at radius 3 is 2.49 bits per heavy atom. The molecule has 1 aliphatic rings. The van der Waals surface area contributed by atoms with Gasteiger partial charge in [0, 0.05) is 10.6 Å². The van der Waals surface area contributed by atoms with Gasteiger partial charge in [0.1, 0.15) is 18.4 Å². The van der Waals surface area contributed by atoms with Crippen LogP contribution in [0.4, 0.5) is 0 Å². The third kappa shape index (κ3) is 6.32. The second-order valence-electron chi connectivity index (χ2n) is 9.79. The van der Waals surface area contributed by atoms with E-state index < -0.39 is 23.5 Å². The van der Waals surface area contributed by atoms with Gasteiger partial charge >= 0.3 is 11.9 Å². The molecule has 4 aromatic rings. The number of nitrogens with zero attached hydrogens (tertiary/aromatic N) is 2. The number of esters is 1. The fourth-order valence-corrected chi connectivity index (χ4v) is 6.47. The second-order valence-corrected chi connectivity index (χ2v) is 11.6. The summed E-state index contributed by atoms with van der Waals surface area (Å²) in [6.07, 6.45) is 1.64. The number of aromatic carboxylic acids is 1. The van der Waals surface area contributed by atoms with Crippen LogP contribution in [0.25, 0.3) is 6.08 Å². The van der Waals surface area contributed by atoms with Crippen molar-refractivity contribution in [1.82, 2.24) is 4.57 Å². The predicted octanol–water partition coefficient (Wildman–Crippen LogP) is 5.01. The first-order chi connectivity index (χ1) is 21.6. The largest absolute Gasteiger partial charge is 0.496 e. The third-order valence-corrected chi connectivity index (χ3v) is 8.52. The lowest BCUT2D eigenvalue weighted by molar-refractivity contribution is -0.136. The maximum atomic E-state index is 14.0. The van der Waals surface area contributed by atoms with E-state index in [0.29, 0.717) is 48.2 Å². The Hall–Kier alpha value is -4.58. The van der Waals surface area contributed by atoms with Crippen molar-refractivity contribution in [3.8, 4) is 17.2 Å². The first-order valence-electron chi connectivity index (χ1n) is 13.3. The number of benzene rings is 3. The number of thiazole rings is 1. The zero-order valence-corrected chi connectivity index (χ0v) is 26.7. The summed E-state index contributed by atoms with van der Waals surface area (Å²) in [6, 6.07) is 13.7. The van der Waals surface area contributed by atoms with Crippen LogP contribution in [0.15, 0.2) is 75.7 Å². The van der Waals surface area contributed by atoms with E-state index in [2.05, 4.69) is 4.99 Å². The fraction of sp³-hybridized carbons (Fsp3) is 0.188. The Labute approximate surface area is 271 Å². The lowest BCUT2D eigenvalue weighted by Gasteiger charge is -2.25. The molecule has 232 valence electrons. The number of methoxy groups -OCH3 is 3. The van der Waals surface area contributed by atoms with E-state index in [9.17, 15) is 19.5 Å². The summed E-state index contributed by atoms with van der Waals surface area (Å²) in [4.78, 5) is 43.2. The highest BCUT2D eigenvalue weighted by Gasteiger charge is 2.35. The van der Waals surface area contributed by atoms with Crippen molar-refractivity contribution in [2.24, 2.45) is 4.99 Å². The lowest BCUT2D eigenvalue weighted by Crippen LogP contribution is -2.40. The van der Waals surface area contributed by atoms with E-state index in [1.54, 1.807) is 55.5 Å². The molecule has 13 heteroatoms. The van der Waals surface area contributed by atoms with E-state index in [1.165, 1.54) is 38.0 Å². The van der Waals surface area contributed by atoms with Crippen LogP contribution in [0, 0.1) is 0 Å². The maximum absolute atomic E-state index is 14.0. The van der Waals surface area contributed by atoms with Crippen molar-refractivity contribution in [3.63, 3.8) is 0 Å². The van der Waals surface area contributed by atoms with E-state index in [1.807, 2.05) is 0 Å². The van der Waals surface area contributed by atoms with Crippen molar-refractivity contribution in [2.45, 2.75) is 19.6 Å². The topological polar surface area (TPSA) is 126 Å². The van der Waals surface area contributed by atoms with Crippen molar-refractivity contribution in [1.29, 1.82) is 0 Å². The molecule has 45 heavy (non-hydrogen) atoms. The Morgan fingerprint density at radius 1 is 1.04 bits per heavy atom. The zero-order chi connectivity index (χ0) is 32.4. The van der Waals surface area contributed by atoms with Crippen LogP contribution in [-0.4, -0.2) is 42.9 Å². The highest BCUT2D eigenvalue weighted by atomic mass is 35.5. The molecule has 3 aromatic carbocycles. The number of halogens is 2. The SMILES string of the molecule is COC(=O)C1=C(C)N=c2s/c(=C\c3cc(Cl)c(OCc4cccc(C(=O)O)c4)c(OC)c3)c(=O)n2[C@H]1c1cc(Cl)ccc1OC. The second kappa shape index (κ2) is 13.2. The van der Waals surface area contributed by atoms with Crippen molar-refractivity contribution < 1.29 is 33.6 Å². The minimum Gasteiger partial charge on any atom is -0.496 e. The Balaban J connectivity index is 1.58. The van der Waals surface area contributed by atoms with E-state index in [4.69, 9.17) is 42.1 Å². The summed E-state index contributed by atoms with van der Waals surface area (Å²) in [5, 5.41) is 9.88. The normalized spacial score (nSPS) is 14.4. The number of aromatic nitrogens is 1. The van der Waals surface area contributed by atoms with E-state index >= 15 is 0 Å². The molecule has 0 amide bonds. The number of allylic oxidation sites excluding steroid dienone is 1. The number of carbonyl (C=O) groups excluding carboxylic acids is 1. The molecule has 10 nitrogen and oxygen atoms in total. The van der Waals surface area contributed by atoms with Crippen LogP contribution in [0.2, 0.25) is 10.0 Å². The summed E-state index contributed by atoms with van der Waals surface area (Å²) >= 11 is 14.1. The molecule has 0 fully saturated rings. The molecule has 2 heterocycles. The molecule has 1 aliphatic heterocycles. The van der Waals surface area contributed by atoms with Gasteiger partial charge in [0.05, 0.1) is 47.7 Å². The highest BCUT2D eigenvalue weighted by Crippen LogP contribution is 2.38. The Bertz CT molecular complexity index is 2050. The number of hydrogen-bond donors (Lipinski definition) is 1. The summed E-state index contributed by atoms with van der Waals surface area (Å²) < 4.78 is 23.8. The molecule has 5 rings (SSSR count). The van der Waals surface area contributed by atoms with E-state index in [-0.39, 0.29) is 28.5 Å². The van der Waals surface area contributed by atoms with Crippen molar-refractivity contribution in [2.75, 3.05) is 21.3 Å². The van der Waals surface area contributed by atoms with Gasteiger partial charge in [0.2, 0.25) is 0 Å². The number of carboxylic acids is 1. The molecular formula is C32H26Cl2N2O8S. The van der Waals surface area contributed by atoms with Gasteiger partial charge in [-0.05, 0) is 66.6 Å². The molecule has 0 unspecified atom stereocenters. The highest BCUT2D eigenvalue weighted by molar-refractivity contribution is 7.07. The molecule has 0 saturated carbocycles. The number of fused-ring (bicyclic) bond motifs is 1. The van der Waals surface area contributed by atoms with Gasteiger partial charge in [-0.2, -0.15) is 0 Å². The molecule has 0 saturated heterocycles. The molecule has 0 spiro atoms. The average Bonchev–Trinajstić information content (AvgIpc) is 3.32. The van der Waals surface area contributed by atoms with Crippen LogP contribution in [0.5, 0.6) is 17.2 Å². The van der Waals surface area contributed by atoms with Crippen LogP contribution >= 0.6 is 34.5 Å². The fourth-order valence-electron chi connectivity index (χ4n) is 4.97. The first kappa shape index (κ1) is 31.8. The monoisotopic (exact) mass is 668 g/mol. The van der Waals surface area contributed by atoms with Crippen LogP contribution in [0.1, 0.15) is 40.0 Å². The van der Waals surface area contributed by atoms with Gasteiger partial charge in [-0.3, -0.25) is 9.36 Å². The lowest BCUT2D eigenvalue weighted by atomic mass is 9.95. The first-order valence-corrected chi connectivity index (χ1v) is 14.9. The van der Waals surface area contributed by atoms with Crippen molar-refractivity contribution in [3.05, 3.63) is 118 Å². The quantitative estimate of drug-likeness (QED) is 0.247. The van der Waals surface area contributed by atoms with Crippen molar-refractivity contribution >= 4 is 52.6 Å². The molecule has 1 N–H and O–H groups in total. The number of hydrogen-bond acceptors (Lipinski definition) is 9. The standard InChI is InChI=1S/C32H26Cl2N2O8S/c1-16-26(31(40)43-4)27(21-14-20(33)8-9-23(21)41-2)36-29(37)25(45-32(36)35-16)13-18-11-22(34)28(24(12-18)42-3)44-15-17-6-5-7-19(10-17)30(38)39/h5-14,27H,15H2,1-4H3,(H,38,39)/b25-13-/t27-/m0/s1. The number of rotatable bonds is 9. The van der Waals surface area contributed by atoms with Gasteiger partial charge in [-0.1, -0.05) is 46.7 Å². The molecule has 0 radical (unpaired) electrons. The maximum Gasteiger partial charge on any atom is 0.338 e. The molecule has 0 aliphatic carbocycles. The molecule has 1 atom stereocenters. The predicted molar refractivity (Wildman–Crippen MR) is 170 cm³/mol. The molecule has 0 bridgehead atoms. The van der Waals surface area contributed by atoms with Crippen LogP contribution in [-0.2, 0) is 16.1 Å². The third-order valence-electron chi connectivity index (χ3n) is 7.02. The van der Waals surface area contributed by atoms with Crippen LogP contribution in [0.3, 0.4) is 0 Å². The zero-order valence-electron chi connectivity index (χ0n) is 24.4. The average molecular weight is 670 g/mol. The van der Waals surface area contributed by atoms with Gasteiger partial charge in [-0.15, -0.1) is 0 Å². The minimum atomic E-state index is -1.04. The van der Waals surface area contributed by atoms with Gasteiger partial charge in [-0.25, -0.2) is 14.6 Å². The minimum absolute atomic E-state index is 0.0456. The molecule has 1 aromatic heterocycles. The smallest absolute Gasteiger partial charge is 0.338 e. The van der Waals surface area contributed by atoms with Gasteiger partial charge in [0.15, 0.2) is 16.3 Å². The number of carbonyl (C=O) groups is 2. The number of ether oxygens (including phenoxy) is 4.